The van der Waals surface area contributed by atoms with Gasteiger partial charge in [-0.05, 0) is 76.1 Å². The minimum absolute atomic E-state index is 0.0324. The summed E-state index contributed by atoms with van der Waals surface area (Å²) in [5.41, 5.74) is 0.482. The zero-order chi connectivity index (χ0) is 23.9. The average molecular weight is 456 g/mol. The van der Waals surface area contributed by atoms with Gasteiger partial charge in [0.15, 0.2) is 11.6 Å². The molecule has 2 aromatic carbocycles. The lowest BCUT2D eigenvalue weighted by Gasteiger charge is -2.21. The Labute approximate surface area is 190 Å². The molecule has 1 saturated carbocycles. The standard InChI is InChI=1S/C25H26F2N2O4/c1-25(2,3)33-24(31)29-17(13-19-21(29)12-11-20(26)22(19)27)14-32-18-9-7-16(8-10-18)28(4)23(30)15-5-6-15/h7-13,15H,5-6,14H2,1-4H3. The molecule has 1 heterocycles. The Morgan fingerprint density at radius 1 is 1.09 bits per heavy atom. The van der Waals surface area contributed by atoms with E-state index in [9.17, 15) is 18.4 Å². The van der Waals surface area contributed by atoms with Crippen molar-refractivity contribution in [2.45, 2.75) is 45.8 Å². The molecule has 174 valence electrons. The molecule has 4 rings (SSSR count). The molecule has 1 amide bonds. The number of hydrogen-bond acceptors (Lipinski definition) is 4. The zero-order valence-corrected chi connectivity index (χ0v) is 19.0. The van der Waals surface area contributed by atoms with Gasteiger partial charge in [-0.15, -0.1) is 0 Å². The number of anilines is 1. The van der Waals surface area contributed by atoms with Gasteiger partial charge in [0, 0.05) is 24.0 Å². The number of rotatable bonds is 5. The van der Waals surface area contributed by atoms with E-state index in [-0.39, 0.29) is 29.3 Å². The number of carbonyl (C=O) groups is 2. The third kappa shape index (κ3) is 4.84. The summed E-state index contributed by atoms with van der Waals surface area (Å²) in [7, 11) is 1.74. The number of carbonyl (C=O) groups excluding carboxylic acids is 2. The van der Waals surface area contributed by atoms with Crippen molar-refractivity contribution in [3.63, 3.8) is 0 Å². The molecule has 0 radical (unpaired) electrons. The first-order valence-electron chi connectivity index (χ1n) is 10.8. The second-order valence-electron chi connectivity index (χ2n) is 9.20. The van der Waals surface area contributed by atoms with Crippen LogP contribution < -0.4 is 9.64 Å². The van der Waals surface area contributed by atoms with E-state index in [2.05, 4.69) is 0 Å². The number of nitrogens with zero attached hydrogens (tertiary/aromatic N) is 2. The van der Waals surface area contributed by atoms with Gasteiger partial charge < -0.3 is 14.4 Å². The number of ether oxygens (including phenoxy) is 2. The summed E-state index contributed by atoms with van der Waals surface area (Å²) in [6.07, 6.45) is 1.15. The fraction of sp³-hybridized carbons (Fsp3) is 0.360. The van der Waals surface area contributed by atoms with Gasteiger partial charge >= 0.3 is 6.09 Å². The summed E-state index contributed by atoms with van der Waals surface area (Å²) >= 11 is 0. The van der Waals surface area contributed by atoms with Gasteiger partial charge in [-0.3, -0.25) is 4.79 Å². The first kappa shape index (κ1) is 22.8. The smallest absolute Gasteiger partial charge is 0.419 e. The predicted octanol–water partition coefficient (Wildman–Crippen LogP) is 5.65. The van der Waals surface area contributed by atoms with Crippen LogP contribution in [0.5, 0.6) is 5.75 Å². The maximum Gasteiger partial charge on any atom is 0.419 e. The number of benzene rings is 2. The minimum atomic E-state index is -1.04. The summed E-state index contributed by atoms with van der Waals surface area (Å²) in [5.74, 6) is -1.33. The van der Waals surface area contributed by atoms with Crippen LogP contribution in [0.25, 0.3) is 10.9 Å². The summed E-state index contributed by atoms with van der Waals surface area (Å²) in [6, 6.07) is 10.7. The lowest BCUT2D eigenvalue weighted by atomic mass is 10.2. The lowest BCUT2D eigenvalue weighted by molar-refractivity contribution is -0.119. The van der Waals surface area contributed by atoms with Crippen LogP contribution >= 0.6 is 0 Å². The van der Waals surface area contributed by atoms with Crippen LogP contribution in [0.4, 0.5) is 19.3 Å². The highest BCUT2D eigenvalue weighted by molar-refractivity contribution is 5.96. The first-order valence-corrected chi connectivity index (χ1v) is 10.8. The van der Waals surface area contributed by atoms with Crippen LogP contribution in [0.15, 0.2) is 42.5 Å². The minimum Gasteiger partial charge on any atom is -0.487 e. The van der Waals surface area contributed by atoms with Crippen molar-refractivity contribution in [1.29, 1.82) is 0 Å². The van der Waals surface area contributed by atoms with Crippen molar-refractivity contribution < 1.29 is 27.8 Å². The molecule has 1 aromatic heterocycles. The second-order valence-corrected chi connectivity index (χ2v) is 9.20. The predicted molar refractivity (Wildman–Crippen MR) is 120 cm³/mol. The second kappa shape index (κ2) is 8.50. The van der Waals surface area contributed by atoms with E-state index in [0.717, 1.165) is 24.6 Å². The topological polar surface area (TPSA) is 60.8 Å². The molecule has 6 nitrogen and oxygen atoms in total. The van der Waals surface area contributed by atoms with Crippen LogP contribution in [-0.2, 0) is 16.1 Å². The quantitative estimate of drug-likeness (QED) is 0.498. The van der Waals surface area contributed by atoms with Gasteiger partial charge in [0.25, 0.3) is 0 Å². The molecular formula is C25H26F2N2O4. The molecule has 33 heavy (non-hydrogen) atoms. The molecule has 0 bridgehead atoms. The highest BCUT2D eigenvalue weighted by atomic mass is 19.2. The van der Waals surface area contributed by atoms with Gasteiger partial charge in [-0.1, -0.05) is 0 Å². The van der Waals surface area contributed by atoms with Crippen LogP contribution in [0.3, 0.4) is 0 Å². The Balaban J connectivity index is 1.57. The Bertz CT molecular complexity index is 1210. The molecule has 0 unspecified atom stereocenters. The van der Waals surface area contributed by atoms with E-state index in [1.165, 1.54) is 16.7 Å². The summed E-state index contributed by atoms with van der Waals surface area (Å²) in [4.78, 5) is 26.7. The van der Waals surface area contributed by atoms with Crippen LogP contribution in [0.1, 0.15) is 39.3 Å². The van der Waals surface area contributed by atoms with Crippen LogP contribution in [0, 0.1) is 17.6 Å². The summed E-state index contributed by atoms with van der Waals surface area (Å²) in [6.45, 7) is 5.09. The van der Waals surface area contributed by atoms with E-state index < -0.39 is 23.3 Å². The van der Waals surface area contributed by atoms with E-state index in [4.69, 9.17) is 9.47 Å². The summed E-state index contributed by atoms with van der Waals surface area (Å²) < 4.78 is 40.6. The summed E-state index contributed by atoms with van der Waals surface area (Å²) in [5, 5.41) is -0.0324. The van der Waals surface area contributed by atoms with Gasteiger partial charge in [0.1, 0.15) is 18.0 Å². The van der Waals surface area contributed by atoms with Gasteiger partial charge in [0.2, 0.25) is 5.91 Å². The molecule has 0 atom stereocenters. The zero-order valence-electron chi connectivity index (χ0n) is 19.0. The number of aromatic nitrogens is 1. The van der Waals surface area contributed by atoms with E-state index in [1.54, 1.807) is 57.0 Å². The Morgan fingerprint density at radius 3 is 2.36 bits per heavy atom. The van der Waals surface area contributed by atoms with E-state index >= 15 is 0 Å². The number of amides is 1. The Kier molecular flexibility index (Phi) is 5.86. The maximum atomic E-state index is 14.4. The van der Waals surface area contributed by atoms with Crippen molar-refractivity contribution in [3.05, 3.63) is 59.8 Å². The fourth-order valence-corrected chi connectivity index (χ4v) is 3.56. The molecular weight excluding hydrogens is 430 g/mol. The third-order valence-corrected chi connectivity index (χ3v) is 5.39. The molecule has 0 spiro atoms. The molecule has 0 saturated heterocycles. The largest absolute Gasteiger partial charge is 0.487 e. The van der Waals surface area contributed by atoms with Crippen LogP contribution in [0.2, 0.25) is 0 Å². The van der Waals surface area contributed by atoms with Crippen molar-refractivity contribution in [2.24, 2.45) is 5.92 Å². The molecule has 3 aromatic rings. The highest BCUT2D eigenvalue weighted by Crippen LogP contribution is 2.33. The Hall–Kier alpha value is -3.42. The van der Waals surface area contributed by atoms with Crippen molar-refractivity contribution in [2.75, 3.05) is 11.9 Å². The fourth-order valence-electron chi connectivity index (χ4n) is 3.56. The normalized spacial score (nSPS) is 13.8. The number of hydrogen-bond donors (Lipinski definition) is 0. The van der Waals surface area contributed by atoms with Gasteiger partial charge in [-0.2, -0.15) is 0 Å². The molecule has 8 heteroatoms. The maximum absolute atomic E-state index is 14.4. The molecule has 1 aliphatic carbocycles. The first-order chi connectivity index (χ1) is 15.5. The Morgan fingerprint density at radius 2 is 1.76 bits per heavy atom. The molecule has 1 fully saturated rings. The van der Waals surface area contributed by atoms with Crippen molar-refractivity contribution in [1.82, 2.24) is 4.57 Å². The molecule has 0 aliphatic heterocycles. The average Bonchev–Trinajstić information content (AvgIpc) is 3.53. The highest BCUT2D eigenvalue weighted by Gasteiger charge is 2.32. The van der Waals surface area contributed by atoms with Gasteiger partial charge in [0.05, 0.1) is 11.2 Å². The molecule has 1 aliphatic rings. The lowest BCUT2D eigenvalue weighted by Crippen LogP contribution is -2.28. The van der Waals surface area contributed by atoms with E-state index in [0.29, 0.717) is 11.4 Å². The molecule has 0 N–H and O–H groups in total. The van der Waals surface area contributed by atoms with Crippen LogP contribution in [-0.4, -0.2) is 29.2 Å². The van der Waals surface area contributed by atoms with Crippen molar-refractivity contribution >= 4 is 28.6 Å². The van der Waals surface area contributed by atoms with Crippen molar-refractivity contribution in [3.8, 4) is 5.75 Å². The number of fused-ring (bicyclic) bond motifs is 1. The third-order valence-electron chi connectivity index (χ3n) is 5.39. The SMILES string of the molecule is CN(C(=O)C1CC1)c1ccc(OCc2cc3c(F)c(F)ccc3n2C(=O)OC(C)(C)C)cc1. The van der Waals surface area contributed by atoms with E-state index in [1.807, 2.05) is 0 Å². The van der Waals surface area contributed by atoms with Gasteiger partial charge in [-0.25, -0.2) is 18.1 Å². The monoisotopic (exact) mass is 456 g/mol. The number of halogens is 2.